The highest BCUT2D eigenvalue weighted by Gasteiger charge is 1.97. The second kappa shape index (κ2) is 11.6. The van der Waals surface area contributed by atoms with Gasteiger partial charge in [-0.25, -0.2) is 0 Å². The predicted octanol–water partition coefficient (Wildman–Crippen LogP) is 5.64. The van der Waals surface area contributed by atoms with Crippen molar-refractivity contribution in [3.63, 3.8) is 0 Å². The Morgan fingerprint density at radius 3 is 2.45 bits per heavy atom. The third-order valence-corrected chi connectivity index (χ3v) is 3.46. The molecule has 0 heterocycles. The average molecular weight is 277 g/mol. The summed E-state index contributed by atoms with van der Waals surface area (Å²) in [5, 5.41) is 3.49. The molecule has 1 aromatic rings. The monoisotopic (exact) mass is 277 g/mol. The van der Waals surface area contributed by atoms with Crippen LogP contribution in [0, 0.1) is 0 Å². The van der Waals surface area contributed by atoms with Crippen molar-refractivity contribution in [2.45, 2.75) is 65.2 Å². The molecule has 0 fully saturated rings. The summed E-state index contributed by atoms with van der Waals surface area (Å²) in [6.07, 6.45) is 10.3. The van der Waals surface area contributed by atoms with Gasteiger partial charge in [-0.2, -0.15) is 0 Å². The molecule has 2 nitrogen and oxygen atoms in total. The van der Waals surface area contributed by atoms with Crippen LogP contribution in [0.5, 0.6) is 5.75 Å². The maximum Gasteiger partial charge on any atom is 0.121 e. The first-order chi connectivity index (χ1) is 9.86. The standard InChI is InChI=1S/C18H31NO/c1-3-5-7-8-9-10-14-19-17-12-11-13-18(16-17)20-15-6-4-2/h11-13,16,19H,3-10,14-15H2,1-2H3. The summed E-state index contributed by atoms with van der Waals surface area (Å²) >= 11 is 0. The van der Waals surface area contributed by atoms with Crippen molar-refractivity contribution in [2.75, 3.05) is 18.5 Å². The van der Waals surface area contributed by atoms with E-state index in [0.717, 1.165) is 25.3 Å². The first-order valence-corrected chi connectivity index (χ1v) is 8.33. The van der Waals surface area contributed by atoms with Crippen LogP contribution in [0.3, 0.4) is 0 Å². The second-order valence-electron chi connectivity index (χ2n) is 5.42. The SMILES string of the molecule is CCCCCCCCNc1cccc(OCCCC)c1. The summed E-state index contributed by atoms with van der Waals surface area (Å²) in [4.78, 5) is 0. The lowest BCUT2D eigenvalue weighted by Crippen LogP contribution is -2.02. The largest absolute Gasteiger partial charge is 0.494 e. The molecular formula is C18H31NO. The Hall–Kier alpha value is -1.18. The molecule has 0 saturated carbocycles. The Morgan fingerprint density at radius 2 is 1.65 bits per heavy atom. The van der Waals surface area contributed by atoms with Gasteiger partial charge in [0.25, 0.3) is 0 Å². The van der Waals surface area contributed by atoms with Crippen LogP contribution < -0.4 is 10.1 Å². The topological polar surface area (TPSA) is 21.3 Å². The van der Waals surface area contributed by atoms with E-state index in [9.17, 15) is 0 Å². The normalized spacial score (nSPS) is 10.5. The fourth-order valence-corrected chi connectivity index (χ4v) is 2.17. The number of nitrogens with one attached hydrogen (secondary N) is 1. The highest BCUT2D eigenvalue weighted by molar-refractivity contribution is 5.48. The van der Waals surface area contributed by atoms with Gasteiger partial charge in [0, 0.05) is 18.3 Å². The Balaban J connectivity index is 2.14. The summed E-state index contributed by atoms with van der Waals surface area (Å²) in [5.74, 6) is 0.978. The molecule has 1 aromatic carbocycles. The van der Waals surface area contributed by atoms with E-state index in [2.05, 4.69) is 37.4 Å². The number of ether oxygens (including phenoxy) is 1. The lowest BCUT2D eigenvalue weighted by molar-refractivity contribution is 0.309. The zero-order valence-corrected chi connectivity index (χ0v) is 13.3. The third kappa shape index (κ3) is 8.08. The summed E-state index contributed by atoms with van der Waals surface area (Å²) in [6.45, 7) is 6.32. The van der Waals surface area contributed by atoms with Crippen LogP contribution in [0.2, 0.25) is 0 Å². The van der Waals surface area contributed by atoms with E-state index >= 15 is 0 Å². The highest BCUT2D eigenvalue weighted by atomic mass is 16.5. The van der Waals surface area contributed by atoms with E-state index in [1.54, 1.807) is 0 Å². The first-order valence-electron chi connectivity index (χ1n) is 8.33. The maximum atomic E-state index is 5.72. The number of hydrogen-bond acceptors (Lipinski definition) is 2. The zero-order valence-electron chi connectivity index (χ0n) is 13.3. The molecule has 0 atom stereocenters. The van der Waals surface area contributed by atoms with Crippen LogP contribution >= 0.6 is 0 Å². The molecule has 0 aliphatic carbocycles. The maximum absolute atomic E-state index is 5.72. The van der Waals surface area contributed by atoms with Crippen LogP contribution in [0.25, 0.3) is 0 Å². The van der Waals surface area contributed by atoms with Crippen molar-refractivity contribution in [3.05, 3.63) is 24.3 Å². The van der Waals surface area contributed by atoms with Crippen molar-refractivity contribution in [3.8, 4) is 5.75 Å². The van der Waals surface area contributed by atoms with Crippen molar-refractivity contribution >= 4 is 5.69 Å². The lowest BCUT2D eigenvalue weighted by atomic mass is 10.1. The van der Waals surface area contributed by atoms with Crippen LogP contribution in [0.15, 0.2) is 24.3 Å². The smallest absolute Gasteiger partial charge is 0.121 e. The molecule has 0 aliphatic rings. The molecule has 0 amide bonds. The van der Waals surface area contributed by atoms with Crippen LogP contribution in [0.1, 0.15) is 65.2 Å². The van der Waals surface area contributed by atoms with Crippen LogP contribution in [0.4, 0.5) is 5.69 Å². The molecule has 1 rings (SSSR count). The molecule has 1 N–H and O–H groups in total. The van der Waals surface area contributed by atoms with Gasteiger partial charge in [-0.3, -0.25) is 0 Å². The van der Waals surface area contributed by atoms with Gasteiger partial charge >= 0.3 is 0 Å². The fraction of sp³-hybridized carbons (Fsp3) is 0.667. The van der Waals surface area contributed by atoms with Gasteiger partial charge < -0.3 is 10.1 Å². The van der Waals surface area contributed by atoms with E-state index in [0.29, 0.717) is 0 Å². The lowest BCUT2D eigenvalue weighted by Gasteiger charge is -2.09. The number of anilines is 1. The minimum atomic E-state index is 0.817. The van der Waals surface area contributed by atoms with Gasteiger partial charge in [0.1, 0.15) is 5.75 Å². The molecule has 0 bridgehead atoms. The van der Waals surface area contributed by atoms with E-state index in [4.69, 9.17) is 4.74 Å². The van der Waals surface area contributed by atoms with E-state index in [1.165, 1.54) is 50.6 Å². The fourth-order valence-electron chi connectivity index (χ4n) is 2.17. The van der Waals surface area contributed by atoms with Crippen molar-refractivity contribution in [2.24, 2.45) is 0 Å². The molecule has 20 heavy (non-hydrogen) atoms. The summed E-state index contributed by atoms with van der Waals surface area (Å²) in [5.41, 5.74) is 1.17. The Morgan fingerprint density at radius 1 is 0.900 bits per heavy atom. The number of benzene rings is 1. The van der Waals surface area contributed by atoms with Gasteiger partial charge in [-0.1, -0.05) is 58.4 Å². The minimum Gasteiger partial charge on any atom is -0.494 e. The highest BCUT2D eigenvalue weighted by Crippen LogP contribution is 2.18. The summed E-state index contributed by atoms with van der Waals surface area (Å²) < 4.78 is 5.72. The van der Waals surface area contributed by atoms with Gasteiger partial charge in [0.15, 0.2) is 0 Å². The molecule has 0 unspecified atom stereocenters. The van der Waals surface area contributed by atoms with Crippen LogP contribution in [-0.2, 0) is 0 Å². The molecule has 0 radical (unpaired) electrons. The second-order valence-corrected chi connectivity index (χ2v) is 5.42. The van der Waals surface area contributed by atoms with Gasteiger partial charge in [-0.05, 0) is 25.0 Å². The molecule has 114 valence electrons. The van der Waals surface area contributed by atoms with E-state index < -0.39 is 0 Å². The third-order valence-electron chi connectivity index (χ3n) is 3.46. The molecule has 0 spiro atoms. The Bertz CT molecular complexity index is 338. The van der Waals surface area contributed by atoms with Crippen molar-refractivity contribution in [1.82, 2.24) is 0 Å². The number of unbranched alkanes of at least 4 members (excludes halogenated alkanes) is 6. The predicted molar refractivity (Wildman–Crippen MR) is 88.7 cm³/mol. The molecular weight excluding hydrogens is 246 g/mol. The summed E-state index contributed by atoms with van der Waals surface area (Å²) in [6, 6.07) is 8.31. The molecule has 0 aromatic heterocycles. The quantitative estimate of drug-likeness (QED) is 0.499. The van der Waals surface area contributed by atoms with E-state index in [1.807, 2.05) is 6.07 Å². The minimum absolute atomic E-state index is 0.817. The average Bonchev–Trinajstić information content (AvgIpc) is 2.47. The Labute approximate surface area is 124 Å². The Kier molecular flexibility index (Phi) is 9.81. The number of hydrogen-bond donors (Lipinski definition) is 1. The van der Waals surface area contributed by atoms with E-state index in [-0.39, 0.29) is 0 Å². The van der Waals surface area contributed by atoms with Crippen molar-refractivity contribution in [1.29, 1.82) is 0 Å². The van der Waals surface area contributed by atoms with Gasteiger partial charge in [0.2, 0.25) is 0 Å². The number of rotatable bonds is 12. The van der Waals surface area contributed by atoms with Gasteiger partial charge in [0.05, 0.1) is 6.61 Å². The molecule has 2 heteroatoms. The summed E-state index contributed by atoms with van der Waals surface area (Å²) in [7, 11) is 0. The van der Waals surface area contributed by atoms with Crippen molar-refractivity contribution < 1.29 is 4.74 Å². The van der Waals surface area contributed by atoms with Crippen LogP contribution in [-0.4, -0.2) is 13.2 Å². The molecule has 0 saturated heterocycles. The first kappa shape index (κ1) is 16.9. The molecule has 0 aliphatic heterocycles. The van der Waals surface area contributed by atoms with Gasteiger partial charge in [-0.15, -0.1) is 0 Å². The zero-order chi connectivity index (χ0) is 14.5.